The van der Waals surface area contributed by atoms with Crippen molar-refractivity contribution >= 4 is 5.91 Å². The summed E-state index contributed by atoms with van der Waals surface area (Å²) >= 11 is 0. The second-order valence-electron chi connectivity index (χ2n) is 3.60. The molecule has 82 valence electrons. The van der Waals surface area contributed by atoms with Crippen LogP contribution >= 0.6 is 0 Å². The molecule has 2 rings (SSSR count). The molecule has 1 aromatic carbocycles. The molecule has 0 aliphatic rings. The lowest BCUT2D eigenvalue weighted by molar-refractivity contribution is 0.1000. The number of hydrogen-bond acceptors (Lipinski definition) is 1. The molecule has 1 aromatic heterocycles. The zero-order chi connectivity index (χ0) is 11.7. The summed E-state index contributed by atoms with van der Waals surface area (Å²) in [6.45, 7) is 1.75. The highest BCUT2D eigenvalue weighted by Gasteiger charge is 2.10. The van der Waals surface area contributed by atoms with Crippen molar-refractivity contribution in [1.29, 1.82) is 0 Å². The first-order valence-corrected chi connectivity index (χ1v) is 4.83. The van der Waals surface area contributed by atoms with Crippen molar-refractivity contribution in [1.82, 2.24) is 4.98 Å². The van der Waals surface area contributed by atoms with Crippen LogP contribution in [0.5, 0.6) is 0 Å². The van der Waals surface area contributed by atoms with Crippen LogP contribution in [0.25, 0.3) is 11.3 Å². The van der Waals surface area contributed by atoms with Gasteiger partial charge in [-0.1, -0.05) is 12.1 Å². The normalized spacial score (nSPS) is 10.4. The Kier molecular flexibility index (Phi) is 2.48. The molecule has 0 spiro atoms. The lowest BCUT2D eigenvalue weighted by Crippen LogP contribution is -2.10. The summed E-state index contributed by atoms with van der Waals surface area (Å²) in [5.74, 6) is -0.804. The van der Waals surface area contributed by atoms with E-state index in [0.29, 0.717) is 22.5 Å². The zero-order valence-corrected chi connectivity index (χ0v) is 8.75. The van der Waals surface area contributed by atoms with Crippen LogP contribution in [-0.4, -0.2) is 10.9 Å². The molecule has 0 saturated carbocycles. The predicted octanol–water partition coefficient (Wildman–Crippen LogP) is 2.23. The Morgan fingerprint density at radius 1 is 1.38 bits per heavy atom. The number of rotatable bonds is 2. The standard InChI is InChI=1S/C12H11FN2O/c1-7-10(12(14)16)6-11(15-7)8-3-2-4-9(13)5-8/h2-6,15H,1H3,(H2,14,16). The first-order chi connectivity index (χ1) is 7.58. The first kappa shape index (κ1) is 10.4. The summed E-state index contributed by atoms with van der Waals surface area (Å²) in [5, 5.41) is 0. The van der Waals surface area contributed by atoms with Gasteiger partial charge in [0, 0.05) is 17.0 Å². The molecular formula is C12H11FN2O. The second-order valence-corrected chi connectivity index (χ2v) is 3.60. The molecule has 0 atom stereocenters. The molecule has 0 unspecified atom stereocenters. The summed E-state index contributed by atoms with van der Waals surface area (Å²) in [5.41, 5.74) is 7.70. The van der Waals surface area contributed by atoms with E-state index >= 15 is 0 Å². The van der Waals surface area contributed by atoms with E-state index in [1.165, 1.54) is 12.1 Å². The maximum atomic E-state index is 13.0. The van der Waals surface area contributed by atoms with E-state index in [9.17, 15) is 9.18 Å². The molecule has 0 fully saturated rings. The Labute approximate surface area is 92.1 Å². The van der Waals surface area contributed by atoms with Crippen LogP contribution in [0.4, 0.5) is 4.39 Å². The van der Waals surface area contributed by atoms with Crippen LogP contribution in [-0.2, 0) is 0 Å². The minimum absolute atomic E-state index is 0.314. The van der Waals surface area contributed by atoms with Crippen molar-refractivity contribution in [3.8, 4) is 11.3 Å². The highest BCUT2D eigenvalue weighted by molar-refractivity contribution is 5.95. The van der Waals surface area contributed by atoms with Crippen molar-refractivity contribution < 1.29 is 9.18 Å². The number of nitrogens with one attached hydrogen (secondary N) is 1. The van der Waals surface area contributed by atoms with E-state index in [-0.39, 0.29) is 5.82 Å². The molecule has 0 saturated heterocycles. The fourth-order valence-corrected chi connectivity index (χ4v) is 1.63. The number of aromatic amines is 1. The summed E-state index contributed by atoms with van der Waals surface area (Å²) in [6, 6.07) is 7.78. The number of aromatic nitrogens is 1. The number of halogens is 1. The van der Waals surface area contributed by atoms with E-state index in [1.54, 1.807) is 25.1 Å². The minimum Gasteiger partial charge on any atom is -0.366 e. The summed E-state index contributed by atoms with van der Waals surface area (Å²) in [6.07, 6.45) is 0. The number of carbonyl (C=O) groups excluding carboxylic acids is 1. The van der Waals surface area contributed by atoms with Gasteiger partial charge in [-0.2, -0.15) is 0 Å². The van der Waals surface area contributed by atoms with Gasteiger partial charge in [0.1, 0.15) is 5.82 Å². The minimum atomic E-state index is -0.489. The van der Waals surface area contributed by atoms with E-state index in [2.05, 4.69) is 4.98 Å². The van der Waals surface area contributed by atoms with E-state index in [4.69, 9.17) is 5.73 Å². The van der Waals surface area contributed by atoms with Gasteiger partial charge in [0.05, 0.1) is 5.56 Å². The number of H-pyrrole nitrogens is 1. The van der Waals surface area contributed by atoms with Crippen LogP contribution in [0.3, 0.4) is 0 Å². The van der Waals surface area contributed by atoms with Crippen molar-refractivity contribution in [2.24, 2.45) is 5.73 Å². The molecule has 3 N–H and O–H groups in total. The van der Waals surface area contributed by atoms with Crippen LogP contribution in [0.15, 0.2) is 30.3 Å². The number of aryl methyl sites for hydroxylation is 1. The third-order valence-electron chi connectivity index (χ3n) is 2.42. The highest BCUT2D eigenvalue weighted by atomic mass is 19.1. The Hall–Kier alpha value is -2.10. The quantitative estimate of drug-likeness (QED) is 0.797. The number of hydrogen-bond donors (Lipinski definition) is 2. The Morgan fingerprint density at radius 2 is 2.12 bits per heavy atom. The van der Waals surface area contributed by atoms with Crippen molar-refractivity contribution in [3.05, 3.63) is 47.4 Å². The molecule has 16 heavy (non-hydrogen) atoms. The van der Waals surface area contributed by atoms with Gasteiger partial charge >= 0.3 is 0 Å². The molecular weight excluding hydrogens is 207 g/mol. The predicted molar refractivity (Wildman–Crippen MR) is 59.4 cm³/mol. The summed E-state index contributed by atoms with van der Waals surface area (Å²) in [7, 11) is 0. The number of benzene rings is 1. The van der Waals surface area contributed by atoms with E-state index < -0.39 is 5.91 Å². The number of carbonyl (C=O) groups is 1. The molecule has 3 nitrogen and oxygen atoms in total. The zero-order valence-electron chi connectivity index (χ0n) is 8.75. The van der Waals surface area contributed by atoms with Gasteiger partial charge in [-0.05, 0) is 25.1 Å². The lowest BCUT2D eigenvalue weighted by Gasteiger charge is -1.97. The molecule has 0 bridgehead atoms. The van der Waals surface area contributed by atoms with E-state index in [1.807, 2.05) is 0 Å². The molecule has 0 aliphatic carbocycles. The fraction of sp³-hybridized carbons (Fsp3) is 0.0833. The lowest BCUT2D eigenvalue weighted by atomic mass is 10.1. The number of nitrogens with two attached hydrogens (primary N) is 1. The van der Waals surface area contributed by atoms with Crippen LogP contribution in [0.1, 0.15) is 16.1 Å². The van der Waals surface area contributed by atoms with Gasteiger partial charge in [-0.3, -0.25) is 4.79 Å². The van der Waals surface area contributed by atoms with Gasteiger partial charge in [0.25, 0.3) is 5.91 Å². The third-order valence-corrected chi connectivity index (χ3v) is 2.42. The third kappa shape index (κ3) is 1.82. The van der Waals surface area contributed by atoms with Crippen LogP contribution in [0, 0.1) is 12.7 Å². The molecule has 4 heteroatoms. The SMILES string of the molecule is Cc1[nH]c(-c2cccc(F)c2)cc1C(N)=O. The molecule has 2 aromatic rings. The van der Waals surface area contributed by atoms with Crippen molar-refractivity contribution in [2.45, 2.75) is 6.92 Å². The van der Waals surface area contributed by atoms with Gasteiger partial charge in [0.2, 0.25) is 0 Å². The molecule has 0 radical (unpaired) electrons. The smallest absolute Gasteiger partial charge is 0.250 e. The Bertz CT molecular complexity index is 546. The van der Waals surface area contributed by atoms with Crippen LogP contribution in [0.2, 0.25) is 0 Å². The highest BCUT2D eigenvalue weighted by Crippen LogP contribution is 2.22. The van der Waals surface area contributed by atoms with Gasteiger partial charge in [-0.15, -0.1) is 0 Å². The fourth-order valence-electron chi connectivity index (χ4n) is 1.63. The second kappa shape index (κ2) is 3.81. The molecule has 1 heterocycles. The Morgan fingerprint density at radius 3 is 2.69 bits per heavy atom. The molecule has 0 aliphatic heterocycles. The van der Waals surface area contributed by atoms with Gasteiger partial charge in [-0.25, -0.2) is 4.39 Å². The maximum absolute atomic E-state index is 13.0. The largest absolute Gasteiger partial charge is 0.366 e. The summed E-state index contributed by atoms with van der Waals surface area (Å²) in [4.78, 5) is 14.1. The topological polar surface area (TPSA) is 58.9 Å². The van der Waals surface area contributed by atoms with Crippen molar-refractivity contribution in [2.75, 3.05) is 0 Å². The number of amides is 1. The Balaban J connectivity index is 2.49. The number of primary amides is 1. The average Bonchev–Trinajstić information content (AvgIpc) is 2.60. The monoisotopic (exact) mass is 218 g/mol. The maximum Gasteiger partial charge on any atom is 0.250 e. The van der Waals surface area contributed by atoms with Gasteiger partial charge in [0.15, 0.2) is 0 Å². The van der Waals surface area contributed by atoms with Crippen LogP contribution < -0.4 is 5.73 Å². The summed E-state index contributed by atoms with van der Waals surface area (Å²) < 4.78 is 13.0. The van der Waals surface area contributed by atoms with Crippen molar-refractivity contribution in [3.63, 3.8) is 0 Å². The first-order valence-electron chi connectivity index (χ1n) is 4.83. The van der Waals surface area contributed by atoms with Gasteiger partial charge < -0.3 is 10.7 Å². The van der Waals surface area contributed by atoms with E-state index in [0.717, 1.165) is 0 Å². The average molecular weight is 218 g/mol. The molecule has 1 amide bonds.